The molecule has 1 aromatic carbocycles. The maximum absolute atomic E-state index is 12.0. The van der Waals surface area contributed by atoms with Crippen LogP contribution < -0.4 is 5.32 Å². The summed E-state index contributed by atoms with van der Waals surface area (Å²) in [6.45, 7) is 1.95. The number of carbonyl (C=O) groups excluding carboxylic acids is 2. The molecule has 2 aromatic rings. The number of thiazole rings is 1. The van der Waals surface area contributed by atoms with Crippen LogP contribution in [0.15, 0.2) is 34.5 Å². The Balaban J connectivity index is 1.97. The lowest BCUT2D eigenvalue weighted by atomic mass is 10.1. The standard InChI is InChI=1S/C15H16N2O5S2/c1-3-22-14(19)12-9-23-15(16-12)17-13(18)8-10-4-6-11(7-5-10)24(2,20)21/h4-7,9H,3,8H2,1-2H3,(H,16,17,18). The molecule has 24 heavy (non-hydrogen) atoms. The minimum Gasteiger partial charge on any atom is -0.461 e. The Morgan fingerprint density at radius 1 is 1.25 bits per heavy atom. The van der Waals surface area contributed by atoms with Gasteiger partial charge in [-0.15, -0.1) is 11.3 Å². The molecule has 1 amide bonds. The number of carbonyl (C=O) groups is 2. The molecule has 1 heterocycles. The molecule has 0 fully saturated rings. The summed E-state index contributed by atoms with van der Waals surface area (Å²) in [5, 5.41) is 4.41. The van der Waals surface area contributed by atoms with E-state index < -0.39 is 15.8 Å². The first-order valence-electron chi connectivity index (χ1n) is 7.01. The van der Waals surface area contributed by atoms with Gasteiger partial charge in [-0.2, -0.15) is 0 Å². The van der Waals surface area contributed by atoms with Crippen molar-refractivity contribution in [1.82, 2.24) is 4.98 Å². The largest absolute Gasteiger partial charge is 0.461 e. The van der Waals surface area contributed by atoms with Crippen molar-refractivity contribution in [3.8, 4) is 0 Å². The molecule has 9 heteroatoms. The van der Waals surface area contributed by atoms with Crippen LogP contribution in [-0.2, 0) is 25.8 Å². The maximum Gasteiger partial charge on any atom is 0.357 e. The van der Waals surface area contributed by atoms with E-state index in [0.717, 1.165) is 17.6 Å². The van der Waals surface area contributed by atoms with Crippen molar-refractivity contribution in [1.29, 1.82) is 0 Å². The molecule has 2 rings (SSSR count). The highest BCUT2D eigenvalue weighted by Gasteiger charge is 2.14. The van der Waals surface area contributed by atoms with Crippen LogP contribution >= 0.6 is 11.3 Å². The van der Waals surface area contributed by atoms with Crippen LogP contribution in [0.4, 0.5) is 5.13 Å². The molecular weight excluding hydrogens is 352 g/mol. The summed E-state index contributed by atoms with van der Waals surface area (Å²) < 4.78 is 27.6. The first-order valence-corrected chi connectivity index (χ1v) is 9.78. The van der Waals surface area contributed by atoms with Gasteiger partial charge in [-0.25, -0.2) is 18.2 Å². The average molecular weight is 368 g/mol. The number of nitrogens with one attached hydrogen (secondary N) is 1. The zero-order valence-electron chi connectivity index (χ0n) is 13.1. The first kappa shape index (κ1) is 18.1. The lowest BCUT2D eigenvalue weighted by Crippen LogP contribution is -2.14. The predicted molar refractivity (Wildman–Crippen MR) is 90.0 cm³/mol. The van der Waals surface area contributed by atoms with E-state index in [4.69, 9.17) is 4.74 Å². The molecule has 0 bridgehead atoms. The fourth-order valence-electron chi connectivity index (χ4n) is 1.83. The van der Waals surface area contributed by atoms with Gasteiger partial charge in [-0.05, 0) is 24.6 Å². The van der Waals surface area contributed by atoms with E-state index >= 15 is 0 Å². The fraction of sp³-hybridized carbons (Fsp3) is 0.267. The summed E-state index contributed by atoms with van der Waals surface area (Å²) in [6.07, 6.45) is 1.19. The molecule has 0 saturated carbocycles. The van der Waals surface area contributed by atoms with Crippen LogP contribution in [0.2, 0.25) is 0 Å². The number of rotatable bonds is 6. The maximum atomic E-state index is 12.0. The number of benzene rings is 1. The van der Waals surface area contributed by atoms with Gasteiger partial charge in [0.05, 0.1) is 17.9 Å². The number of ether oxygens (including phenoxy) is 1. The van der Waals surface area contributed by atoms with Crippen LogP contribution in [-0.4, -0.2) is 38.1 Å². The molecule has 0 aliphatic rings. The first-order chi connectivity index (χ1) is 11.3. The Kier molecular flexibility index (Phi) is 5.68. The SMILES string of the molecule is CCOC(=O)c1csc(NC(=O)Cc2ccc(S(C)(=O)=O)cc2)n1. The third-order valence-corrected chi connectivity index (χ3v) is 4.84. The quantitative estimate of drug-likeness (QED) is 0.781. The second-order valence-corrected chi connectivity index (χ2v) is 7.77. The highest BCUT2D eigenvalue weighted by atomic mass is 32.2. The number of aromatic nitrogens is 1. The zero-order valence-corrected chi connectivity index (χ0v) is 14.7. The molecule has 1 aromatic heterocycles. The molecule has 128 valence electrons. The van der Waals surface area contributed by atoms with Crippen LogP contribution in [0.1, 0.15) is 23.0 Å². The van der Waals surface area contributed by atoms with Gasteiger partial charge in [0, 0.05) is 11.6 Å². The van der Waals surface area contributed by atoms with Gasteiger partial charge in [0.2, 0.25) is 5.91 Å². The Hall–Kier alpha value is -2.26. The Labute approximate surface area is 143 Å². The lowest BCUT2D eigenvalue weighted by molar-refractivity contribution is -0.115. The van der Waals surface area contributed by atoms with Gasteiger partial charge >= 0.3 is 5.97 Å². The summed E-state index contributed by atoms with van der Waals surface area (Å²) in [6, 6.07) is 6.09. The smallest absolute Gasteiger partial charge is 0.357 e. The molecule has 1 N–H and O–H groups in total. The van der Waals surface area contributed by atoms with Crippen molar-refractivity contribution >= 4 is 38.2 Å². The Morgan fingerprint density at radius 3 is 2.50 bits per heavy atom. The van der Waals surface area contributed by atoms with E-state index in [1.165, 1.54) is 17.5 Å². The topological polar surface area (TPSA) is 102 Å². The number of hydrogen-bond donors (Lipinski definition) is 1. The Morgan fingerprint density at radius 2 is 1.92 bits per heavy atom. The monoisotopic (exact) mass is 368 g/mol. The van der Waals surface area contributed by atoms with Crippen molar-refractivity contribution in [2.45, 2.75) is 18.2 Å². The molecule has 0 spiro atoms. The molecule has 0 aliphatic carbocycles. The van der Waals surface area contributed by atoms with E-state index in [-0.39, 0.29) is 29.5 Å². The minimum atomic E-state index is -3.26. The van der Waals surface area contributed by atoms with Crippen LogP contribution in [0, 0.1) is 0 Å². The Bertz CT molecular complexity index is 841. The van der Waals surface area contributed by atoms with Crippen molar-refractivity contribution < 1.29 is 22.7 Å². The number of amides is 1. The number of esters is 1. The molecule has 0 atom stereocenters. The van der Waals surface area contributed by atoms with E-state index in [0.29, 0.717) is 10.7 Å². The lowest BCUT2D eigenvalue weighted by Gasteiger charge is -2.03. The third kappa shape index (κ3) is 4.87. The highest BCUT2D eigenvalue weighted by molar-refractivity contribution is 7.90. The highest BCUT2D eigenvalue weighted by Crippen LogP contribution is 2.17. The van der Waals surface area contributed by atoms with E-state index in [9.17, 15) is 18.0 Å². The van der Waals surface area contributed by atoms with Gasteiger partial charge in [0.25, 0.3) is 0 Å². The molecule has 7 nitrogen and oxygen atoms in total. The van der Waals surface area contributed by atoms with Crippen LogP contribution in [0.25, 0.3) is 0 Å². The van der Waals surface area contributed by atoms with Crippen molar-refractivity contribution in [2.24, 2.45) is 0 Å². The van der Waals surface area contributed by atoms with Gasteiger partial charge in [-0.1, -0.05) is 12.1 Å². The normalized spacial score (nSPS) is 11.1. The van der Waals surface area contributed by atoms with Crippen molar-refractivity contribution in [3.63, 3.8) is 0 Å². The molecule has 0 radical (unpaired) electrons. The molecule has 0 saturated heterocycles. The average Bonchev–Trinajstić information content (AvgIpc) is 2.95. The van der Waals surface area contributed by atoms with E-state index in [1.807, 2.05) is 0 Å². The van der Waals surface area contributed by atoms with Crippen LogP contribution in [0.5, 0.6) is 0 Å². The van der Waals surface area contributed by atoms with E-state index in [1.54, 1.807) is 19.1 Å². The second-order valence-electron chi connectivity index (χ2n) is 4.90. The fourth-order valence-corrected chi connectivity index (χ4v) is 3.16. The second kappa shape index (κ2) is 7.54. The number of hydrogen-bond acceptors (Lipinski definition) is 7. The molecule has 0 aliphatic heterocycles. The van der Waals surface area contributed by atoms with Gasteiger partial charge < -0.3 is 10.1 Å². The summed E-state index contributed by atoms with van der Waals surface area (Å²) in [5.74, 6) is -0.850. The van der Waals surface area contributed by atoms with E-state index in [2.05, 4.69) is 10.3 Å². The van der Waals surface area contributed by atoms with Crippen molar-refractivity contribution in [3.05, 3.63) is 40.9 Å². The summed E-state index contributed by atoms with van der Waals surface area (Å²) in [7, 11) is -3.26. The van der Waals surface area contributed by atoms with Gasteiger partial charge in [0.1, 0.15) is 0 Å². The molecular formula is C15H16N2O5S2. The number of nitrogens with zero attached hydrogens (tertiary/aromatic N) is 1. The van der Waals surface area contributed by atoms with Crippen molar-refractivity contribution in [2.75, 3.05) is 18.2 Å². The molecule has 0 unspecified atom stereocenters. The van der Waals surface area contributed by atoms with Gasteiger partial charge in [-0.3, -0.25) is 4.79 Å². The summed E-state index contributed by atoms with van der Waals surface area (Å²) in [4.78, 5) is 27.7. The predicted octanol–water partition coefficient (Wildman–Crippen LogP) is 1.90. The number of sulfone groups is 1. The minimum absolute atomic E-state index is 0.0678. The zero-order chi connectivity index (χ0) is 17.7. The van der Waals surface area contributed by atoms with Crippen LogP contribution in [0.3, 0.4) is 0 Å². The number of anilines is 1. The summed E-state index contributed by atoms with van der Waals surface area (Å²) >= 11 is 1.13. The third-order valence-electron chi connectivity index (χ3n) is 2.95. The summed E-state index contributed by atoms with van der Waals surface area (Å²) in [5.41, 5.74) is 0.816. The van der Waals surface area contributed by atoms with Gasteiger partial charge in [0.15, 0.2) is 20.7 Å².